The molecule has 2 rings (SSSR count). The fourth-order valence-corrected chi connectivity index (χ4v) is 1.47. The van der Waals surface area contributed by atoms with Gasteiger partial charge in [0, 0.05) is 12.5 Å². The molecule has 5 nitrogen and oxygen atoms in total. The molecule has 2 aromatic rings. The van der Waals surface area contributed by atoms with Crippen molar-refractivity contribution in [2.45, 2.75) is 13.3 Å². The first kappa shape index (κ1) is 12.2. The highest BCUT2D eigenvalue weighted by Crippen LogP contribution is 2.23. The van der Waals surface area contributed by atoms with Gasteiger partial charge in [-0.3, -0.25) is 0 Å². The van der Waals surface area contributed by atoms with Crippen LogP contribution in [0.2, 0.25) is 0 Å². The van der Waals surface area contributed by atoms with Crippen molar-refractivity contribution in [1.29, 1.82) is 0 Å². The van der Waals surface area contributed by atoms with E-state index in [1.807, 2.05) is 31.2 Å². The van der Waals surface area contributed by atoms with Crippen LogP contribution in [0.1, 0.15) is 12.7 Å². The summed E-state index contributed by atoms with van der Waals surface area (Å²) in [5.74, 6) is 2.98. The molecule has 0 atom stereocenters. The van der Waals surface area contributed by atoms with Crippen molar-refractivity contribution in [3.8, 4) is 17.4 Å². The Bertz CT molecular complexity index is 526. The summed E-state index contributed by atoms with van der Waals surface area (Å²) in [5, 5.41) is 0. The Balaban J connectivity index is 2.19. The molecule has 0 spiro atoms. The third-order valence-electron chi connectivity index (χ3n) is 2.37. The fraction of sp³-hybridized carbons (Fsp3) is 0.231. The van der Waals surface area contributed by atoms with Crippen LogP contribution in [-0.2, 0) is 6.42 Å². The van der Waals surface area contributed by atoms with Crippen molar-refractivity contribution in [3.63, 3.8) is 0 Å². The summed E-state index contributed by atoms with van der Waals surface area (Å²) >= 11 is 0. The minimum absolute atomic E-state index is 0.408. The molecule has 0 amide bonds. The average molecular weight is 245 g/mol. The Kier molecular flexibility index (Phi) is 3.62. The minimum Gasteiger partial charge on any atom is -0.497 e. The molecule has 0 unspecified atom stereocenters. The number of rotatable bonds is 4. The van der Waals surface area contributed by atoms with Crippen LogP contribution in [0.3, 0.4) is 0 Å². The largest absolute Gasteiger partial charge is 0.497 e. The number of aryl methyl sites for hydroxylation is 1. The zero-order valence-electron chi connectivity index (χ0n) is 10.4. The second kappa shape index (κ2) is 5.35. The van der Waals surface area contributed by atoms with Gasteiger partial charge in [0.25, 0.3) is 0 Å². The summed E-state index contributed by atoms with van der Waals surface area (Å²) < 4.78 is 10.7. The van der Waals surface area contributed by atoms with Gasteiger partial charge < -0.3 is 15.2 Å². The highest BCUT2D eigenvalue weighted by molar-refractivity contribution is 5.37. The molecule has 2 N–H and O–H groups in total. The second-order valence-electron chi connectivity index (χ2n) is 3.68. The Labute approximate surface area is 106 Å². The number of aromatic nitrogens is 2. The van der Waals surface area contributed by atoms with Gasteiger partial charge in [-0.05, 0) is 24.3 Å². The van der Waals surface area contributed by atoms with Crippen LogP contribution in [0.5, 0.6) is 17.4 Å². The molecule has 0 fully saturated rings. The van der Waals surface area contributed by atoms with Gasteiger partial charge in [0.05, 0.1) is 7.11 Å². The molecule has 18 heavy (non-hydrogen) atoms. The summed E-state index contributed by atoms with van der Waals surface area (Å²) in [7, 11) is 1.62. The predicted molar refractivity (Wildman–Crippen MR) is 68.9 cm³/mol. The van der Waals surface area contributed by atoms with Gasteiger partial charge in [-0.2, -0.15) is 4.98 Å². The number of methoxy groups -OCH3 is 1. The van der Waals surface area contributed by atoms with E-state index < -0.39 is 0 Å². The van der Waals surface area contributed by atoms with Crippen molar-refractivity contribution in [2.75, 3.05) is 12.8 Å². The lowest BCUT2D eigenvalue weighted by molar-refractivity contribution is 0.412. The summed E-state index contributed by atoms with van der Waals surface area (Å²) in [6.07, 6.45) is 0.712. The van der Waals surface area contributed by atoms with Crippen LogP contribution in [-0.4, -0.2) is 17.1 Å². The Hall–Kier alpha value is -2.30. The molecule has 0 saturated heterocycles. The predicted octanol–water partition coefficient (Wildman–Crippen LogP) is 2.42. The lowest BCUT2D eigenvalue weighted by atomic mass is 10.3. The van der Waals surface area contributed by atoms with E-state index in [0.29, 0.717) is 29.7 Å². The van der Waals surface area contributed by atoms with E-state index in [4.69, 9.17) is 15.2 Å². The molecule has 0 bridgehead atoms. The SMILES string of the molecule is CCc1nc(N)cc(Oc2ccc(OC)cc2)n1. The van der Waals surface area contributed by atoms with E-state index in [1.54, 1.807) is 13.2 Å². The average Bonchev–Trinajstić information content (AvgIpc) is 2.39. The highest BCUT2D eigenvalue weighted by atomic mass is 16.5. The van der Waals surface area contributed by atoms with E-state index in [0.717, 1.165) is 5.75 Å². The lowest BCUT2D eigenvalue weighted by Gasteiger charge is -2.07. The Morgan fingerprint density at radius 1 is 1.11 bits per heavy atom. The van der Waals surface area contributed by atoms with Crippen molar-refractivity contribution in [1.82, 2.24) is 9.97 Å². The number of nitrogen functional groups attached to an aromatic ring is 1. The van der Waals surface area contributed by atoms with E-state index in [9.17, 15) is 0 Å². The molecule has 0 radical (unpaired) electrons. The first-order valence-corrected chi connectivity index (χ1v) is 5.66. The first-order chi connectivity index (χ1) is 8.71. The fourth-order valence-electron chi connectivity index (χ4n) is 1.47. The first-order valence-electron chi connectivity index (χ1n) is 5.66. The number of anilines is 1. The molecule has 94 valence electrons. The Morgan fingerprint density at radius 2 is 1.78 bits per heavy atom. The molecular weight excluding hydrogens is 230 g/mol. The van der Waals surface area contributed by atoms with Crippen LogP contribution in [0, 0.1) is 0 Å². The molecular formula is C13H15N3O2. The minimum atomic E-state index is 0.408. The van der Waals surface area contributed by atoms with Gasteiger partial charge >= 0.3 is 0 Å². The monoisotopic (exact) mass is 245 g/mol. The number of nitrogens with two attached hydrogens (primary N) is 1. The number of nitrogens with zero attached hydrogens (tertiary/aromatic N) is 2. The standard InChI is InChI=1S/C13H15N3O2/c1-3-12-15-11(14)8-13(16-12)18-10-6-4-9(17-2)5-7-10/h4-8H,3H2,1-2H3,(H2,14,15,16). The summed E-state index contributed by atoms with van der Waals surface area (Å²) in [5.41, 5.74) is 5.68. The zero-order valence-corrected chi connectivity index (χ0v) is 10.4. The van der Waals surface area contributed by atoms with Crippen molar-refractivity contribution in [3.05, 3.63) is 36.2 Å². The lowest BCUT2D eigenvalue weighted by Crippen LogP contribution is -2.00. The third kappa shape index (κ3) is 2.88. The summed E-state index contributed by atoms with van der Waals surface area (Å²) in [4.78, 5) is 8.33. The van der Waals surface area contributed by atoms with Crippen molar-refractivity contribution >= 4 is 5.82 Å². The van der Waals surface area contributed by atoms with Gasteiger partial charge in [0.15, 0.2) is 0 Å². The molecule has 1 aromatic carbocycles. The normalized spacial score (nSPS) is 10.1. The maximum absolute atomic E-state index is 5.68. The van der Waals surface area contributed by atoms with E-state index >= 15 is 0 Å². The van der Waals surface area contributed by atoms with Crippen LogP contribution < -0.4 is 15.2 Å². The van der Waals surface area contributed by atoms with Gasteiger partial charge in [-0.1, -0.05) is 6.92 Å². The topological polar surface area (TPSA) is 70.3 Å². The van der Waals surface area contributed by atoms with Crippen molar-refractivity contribution < 1.29 is 9.47 Å². The second-order valence-corrected chi connectivity index (χ2v) is 3.68. The molecule has 0 saturated carbocycles. The Morgan fingerprint density at radius 3 is 2.39 bits per heavy atom. The van der Waals surface area contributed by atoms with Crippen LogP contribution in [0.15, 0.2) is 30.3 Å². The van der Waals surface area contributed by atoms with Gasteiger partial charge in [0.1, 0.15) is 23.1 Å². The third-order valence-corrected chi connectivity index (χ3v) is 2.37. The molecule has 0 aliphatic heterocycles. The molecule has 0 aliphatic carbocycles. The van der Waals surface area contributed by atoms with Gasteiger partial charge in [-0.25, -0.2) is 4.98 Å². The molecule has 1 heterocycles. The quantitative estimate of drug-likeness (QED) is 0.895. The van der Waals surface area contributed by atoms with E-state index in [1.165, 1.54) is 0 Å². The highest BCUT2D eigenvalue weighted by Gasteiger charge is 2.04. The summed E-state index contributed by atoms with van der Waals surface area (Å²) in [6, 6.07) is 8.86. The van der Waals surface area contributed by atoms with Crippen LogP contribution >= 0.6 is 0 Å². The number of ether oxygens (including phenoxy) is 2. The van der Waals surface area contributed by atoms with Gasteiger partial charge in [-0.15, -0.1) is 0 Å². The van der Waals surface area contributed by atoms with E-state index in [-0.39, 0.29) is 0 Å². The van der Waals surface area contributed by atoms with Crippen molar-refractivity contribution in [2.24, 2.45) is 0 Å². The number of hydrogen-bond donors (Lipinski definition) is 1. The van der Waals surface area contributed by atoms with E-state index in [2.05, 4.69) is 9.97 Å². The molecule has 5 heteroatoms. The zero-order chi connectivity index (χ0) is 13.0. The smallest absolute Gasteiger partial charge is 0.224 e. The maximum atomic E-state index is 5.68. The molecule has 1 aromatic heterocycles. The van der Waals surface area contributed by atoms with Gasteiger partial charge in [0.2, 0.25) is 5.88 Å². The molecule has 0 aliphatic rings. The van der Waals surface area contributed by atoms with Crippen LogP contribution in [0.25, 0.3) is 0 Å². The maximum Gasteiger partial charge on any atom is 0.224 e. The van der Waals surface area contributed by atoms with Crippen LogP contribution in [0.4, 0.5) is 5.82 Å². The number of hydrogen-bond acceptors (Lipinski definition) is 5. The summed E-state index contributed by atoms with van der Waals surface area (Å²) in [6.45, 7) is 1.96. The number of benzene rings is 1.